The van der Waals surface area contributed by atoms with Gasteiger partial charge < -0.3 is 4.52 Å². The Morgan fingerprint density at radius 3 is 2.74 bits per heavy atom. The van der Waals surface area contributed by atoms with Crippen molar-refractivity contribution in [1.29, 1.82) is 0 Å². The molecule has 0 atom stereocenters. The van der Waals surface area contributed by atoms with E-state index in [0.717, 1.165) is 11.0 Å². The van der Waals surface area contributed by atoms with Crippen molar-refractivity contribution in [2.45, 2.75) is 6.54 Å². The number of carbonyl (C=O) groups is 2. The number of anilines is 1. The molecule has 3 rings (SSSR count). The van der Waals surface area contributed by atoms with Gasteiger partial charge in [-0.3, -0.25) is 14.5 Å². The van der Waals surface area contributed by atoms with E-state index in [1.807, 2.05) is 0 Å². The van der Waals surface area contributed by atoms with E-state index in [9.17, 15) is 18.4 Å². The Bertz CT molecular complexity index is 683. The molecule has 19 heavy (non-hydrogen) atoms. The van der Waals surface area contributed by atoms with E-state index in [4.69, 9.17) is 0 Å². The zero-order valence-electron chi connectivity index (χ0n) is 9.39. The highest BCUT2D eigenvalue weighted by atomic mass is 19.1. The fourth-order valence-corrected chi connectivity index (χ4v) is 1.99. The van der Waals surface area contributed by atoms with Crippen LogP contribution in [0.4, 0.5) is 14.5 Å². The average molecular weight is 264 g/mol. The smallest absolute Gasteiger partial charge is 0.299 e. The number of nitrogens with zero attached hydrogens (tertiary/aromatic N) is 2. The highest BCUT2D eigenvalue weighted by Crippen LogP contribution is 2.33. The third kappa shape index (κ3) is 1.70. The van der Waals surface area contributed by atoms with E-state index in [-0.39, 0.29) is 17.8 Å². The molecule has 0 N–H and O–H groups in total. The highest BCUT2D eigenvalue weighted by Gasteiger charge is 2.38. The number of benzene rings is 1. The number of halogens is 2. The van der Waals surface area contributed by atoms with Gasteiger partial charge in [0, 0.05) is 11.6 Å². The molecular weight excluding hydrogens is 258 g/mol. The molecule has 0 spiro atoms. The number of hydrogen-bond acceptors (Lipinski definition) is 4. The molecule has 2 aromatic rings. The summed E-state index contributed by atoms with van der Waals surface area (Å²) in [7, 11) is 0. The third-order valence-electron chi connectivity index (χ3n) is 2.81. The quantitative estimate of drug-likeness (QED) is 0.774. The highest BCUT2D eigenvalue weighted by molar-refractivity contribution is 6.52. The van der Waals surface area contributed by atoms with Crippen LogP contribution in [0, 0.1) is 11.6 Å². The number of amides is 1. The molecule has 2 heterocycles. The van der Waals surface area contributed by atoms with Crippen LogP contribution in [0.25, 0.3) is 0 Å². The van der Waals surface area contributed by atoms with E-state index in [0.29, 0.717) is 11.6 Å². The van der Waals surface area contributed by atoms with Gasteiger partial charge in [0.05, 0.1) is 24.0 Å². The number of Topliss-reactive ketones (excluding diaryl/α,β-unsaturated/α-hetero) is 1. The second-order valence-electron chi connectivity index (χ2n) is 4.04. The van der Waals surface area contributed by atoms with Crippen LogP contribution in [0.5, 0.6) is 0 Å². The van der Waals surface area contributed by atoms with Crippen LogP contribution in [0.15, 0.2) is 29.1 Å². The summed E-state index contributed by atoms with van der Waals surface area (Å²) in [6.45, 7) is -0.0658. The van der Waals surface area contributed by atoms with Gasteiger partial charge in [0.25, 0.3) is 11.7 Å². The molecular formula is C12H6F2N2O3. The standard InChI is InChI=1S/C12H6F2N2O3/c13-7-1-8-10(9(14)2-7)16(12(18)11(8)17)4-6-3-15-19-5-6/h1-3,5H,4H2. The van der Waals surface area contributed by atoms with Crippen LogP contribution in [0.1, 0.15) is 15.9 Å². The predicted octanol–water partition coefficient (Wildman–Crippen LogP) is 1.68. The van der Waals surface area contributed by atoms with E-state index in [1.165, 1.54) is 12.5 Å². The Labute approximate surface area is 105 Å². The molecule has 1 aliphatic heterocycles. The Hall–Kier alpha value is -2.57. The zero-order chi connectivity index (χ0) is 13.6. The van der Waals surface area contributed by atoms with Gasteiger partial charge in [-0.15, -0.1) is 0 Å². The largest absolute Gasteiger partial charge is 0.364 e. The second kappa shape index (κ2) is 3.98. The molecule has 5 nitrogen and oxygen atoms in total. The van der Waals surface area contributed by atoms with Crippen molar-refractivity contribution in [3.05, 3.63) is 47.4 Å². The molecule has 7 heteroatoms. The van der Waals surface area contributed by atoms with Crippen molar-refractivity contribution in [3.8, 4) is 0 Å². The van der Waals surface area contributed by atoms with Gasteiger partial charge in [-0.05, 0) is 6.07 Å². The molecule has 1 aliphatic rings. The van der Waals surface area contributed by atoms with Gasteiger partial charge in [-0.2, -0.15) is 0 Å². The Kier molecular flexibility index (Phi) is 2.41. The minimum absolute atomic E-state index is 0.0658. The van der Waals surface area contributed by atoms with E-state index in [1.54, 1.807) is 0 Å². The number of ketones is 1. The Balaban J connectivity index is 2.09. The van der Waals surface area contributed by atoms with Crippen molar-refractivity contribution in [2.24, 2.45) is 0 Å². The van der Waals surface area contributed by atoms with Crippen molar-refractivity contribution in [3.63, 3.8) is 0 Å². The summed E-state index contributed by atoms with van der Waals surface area (Å²) in [6.07, 6.45) is 2.62. The number of aromatic nitrogens is 1. The second-order valence-corrected chi connectivity index (χ2v) is 4.04. The van der Waals surface area contributed by atoms with Gasteiger partial charge in [0.1, 0.15) is 12.1 Å². The monoisotopic (exact) mass is 264 g/mol. The maximum Gasteiger partial charge on any atom is 0.299 e. The third-order valence-corrected chi connectivity index (χ3v) is 2.81. The van der Waals surface area contributed by atoms with E-state index in [2.05, 4.69) is 9.68 Å². The van der Waals surface area contributed by atoms with E-state index < -0.39 is 23.3 Å². The van der Waals surface area contributed by atoms with Crippen LogP contribution in [0.2, 0.25) is 0 Å². The lowest BCUT2D eigenvalue weighted by Crippen LogP contribution is -2.29. The first-order valence-electron chi connectivity index (χ1n) is 5.31. The predicted molar refractivity (Wildman–Crippen MR) is 58.4 cm³/mol. The summed E-state index contributed by atoms with van der Waals surface area (Å²) >= 11 is 0. The molecule has 0 saturated heterocycles. The lowest BCUT2D eigenvalue weighted by atomic mass is 10.1. The molecule has 0 bridgehead atoms. The first-order chi connectivity index (χ1) is 9.08. The van der Waals surface area contributed by atoms with Crippen LogP contribution >= 0.6 is 0 Å². The van der Waals surface area contributed by atoms with E-state index >= 15 is 0 Å². The van der Waals surface area contributed by atoms with Crippen LogP contribution < -0.4 is 4.90 Å². The first-order valence-corrected chi connectivity index (χ1v) is 5.31. The summed E-state index contributed by atoms with van der Waals surface area (Å²) < 4.78 is 31.4. The van der Waals surface area contributed by atoms with Gasteiger partial charge in [-0.25, -0.2) is 8.78 Å². The lowest BCUT2D eigenvalue weighted by molar-refractivity contribution is -0.114. The molecule has 96 valence electrons. The molecule has 1 aromatic carbocycles. The molecule has 0 radical (unpaired) electrons. The lowest BCUT2D eigenvalue weighted by Gasteiger charge is -2.15. The fraction of sp³-hybridized carbons (Fsp3) is 0.0833. The van der Waals surface area contributed by atoms with Gasteiger partial charge in [-0.1, -0.05) is 5.16 Å². The van der Waals surface area contributed by atoms with Crippen molar-refractivity contribution >= 4 is 17.4 Å². The van der Waals surface area contributed by atoms with Crippen molar-refractivity contribution < 1.29 is 22.9 Å². The maximum atomic E-state index is 13.8. The van der Waals surface area contributed by atoms with Crippen molar-refractivity contribution in [2.75, 3.05) is 4.90 Å². The molecule has 1 aromatic heterocycles. The summed E-state index contributed by atoms with van der Waals surface area (Å²) in [5.41, 5.74) is 0.0225. The Morgan fingerprint density at radius 1 is 1.26 bits per heavy atom. The van der Waals surface area contributed by atoms with Gasteiger partial charge >= 0.3 is 0 Å². The molecule has 0 aliphatic carbocycles. The summed E-state index contributed by atoms with van der Waals surface area (Å²) in [5.74, 6) is -3.68. The molecule has 0 fully saturated rings. The van der Waals surface area contributed by atoms with Gasteiger partial charge in [0.2, 0.25) is 0 Å². The minimum atomic E-state index is -0.953. The summed E-state index contributed by atoms with van der Waals surface area (Å²) in [5, 5.41) is 3.45. The fourth-order valence-electron chi connectivity index (χ4n) is 1.99. The summed E-state index contributed by atoms with van der Waals surface area (Å²) in [4.78, 5) is 24.4. The topological polar surface area (TPSA) is 63.4 Å². The number of fused-ring (bicyclic) bond motifs is 1. The van der Waals surface area contributed by atoms with Crippen LogP contribution in [-0.4, -0.2) is 16.8 Å². The number of carbonyl (C=O) groups excluding carboxylic acids is 2. The maximum absolute atomic E-state index is 13.8. The molecule has 0 unspecified atom stereocenters. The average Bonchev–Trinajstić information content (AvgIpc) is 2.93. The molecule has 1 amide bonds. The normalized spacial score (nSPS) is 14.1. The Morgan fingerprint density at radius 2 is 2.05 bits per heavy atom. The van der Waals surface area contributed by atoms with Gasteiger partial charge in [0.15, 0.2) is 5.82 Å². The number of rotatable bonds is 2. The number of hydrogen-bond donors (Lipinski definition) is 0. The van der Waals surface area contributed by atoms with Crippen LogP contribution in [-0.2, 0) is 11.3 Å². The van der Waals surface area contributed by atoms with Crippen LogP contribution in [0.3, 0.4) is 0 Å². The summed E-state index contributed by atoms with van der Waals surface area (Å²) in [6, 6.07) is 1.48. The van der Waals surface area contributed by atoms with Crippen molar-refractivity contribution in [1.82, 2.24) is 5.16 Å². The SMILES string of the molecule is O=C1C(=O)N(Cc2cnoc2)c2c(F)cc(F)cc21. The first kappa shape index (κ1) is 11.5. The minimum Gasteiger partial charge on any atom is -0.364 e. The zero-order valence-corrected chi connectivity index (χ0v) is 9.39. The molecule has 0 saturated carbocycles.